The van der Waals surface area contributed by atoms with Crippen molar-refractivity contribution < 1.29 is 15.0 Å². The molecule has 1 amide bonds. The number of nitrogens with zero attached hydrogens (tertiary/aromatic N) is 1. The average molecular weight is 317 g/mol. The molecule has 0 bridgehead atoms. The Morgan fingerprint density at radius 1 is 1.04 bits per heavy atom. The number of carbonyl (C=O) groups excluding carboxylic acids is 1. The zero-order valence-corrected chi connectivity index (χ0v) is 13.7. The molecule has 1 unspecified atom stereocenters. The third-order valence-corrected chi connectivity index (χ3v) is 5.48. The lowest BCUT2D eigenvalue weighted by Gasteiger charge is -2.36. The van der Waals surface area contributed by atoms with Crippen molar-refractivity contribution in [2.45, 2.75) is 63.8 Å². The maximum absolute atomic E-state index is 12.8. The van der Waals surface area contributed by atoms with Crippen molar-refractivity contribution in [2.75, 3.05) is 6.54 Å². The first kappa shape index (κ1) is 16.2. The van der Waals surface area contributed by atoms with Crippen LogP contribution in [0, 0.1) is 5.92 Å². The molecule has 4 nitrogen and oxygen atoms in total. The standard InChI is InChI=1S/C19H27NO3/c21-16-10-11-17(18(22)13-16)19(23)20-12-4-3-7-15(20)9-8-14-5-1-2-6-14/h10-11,13-15,21-22H,1-9,12H2. The van der Waals surface area contributed by atoms with Gasteiger partial charge in [0.25, 0.3) is 5.91 Å². The summed E-state index contributed by atoms with van der Waals surface area (Å²) >= 11 is 0. The highest BCUT2D eigenvalue weighted by Crippen LogP contribution is 2.32. The van der Waals surface area contributed by atoms with Gasteiger partial charge in [-0.2, -0.15) is 0 Å². The van der Waals surface area contributed by atoms with Crippen molar-refractivity contribution in [3.05, 3.63) is 23.8 Å². The number of likely N-dealkylation sites (tertiary alicyclic amines) is 1. The third-order valence-electron chi connectivity index (χ3n) is 5.48. The van der Waals surface area contributed by atoms with Crippen LogP contribution in [-0.4, -0.2) is 33.6 Å². The van der Waals surface area contributed by atoms with Crippen molar-refractivity contribution in [3.8, 4) is 11.5 Å². The summed E-state index contributed by atoms with van der Waals surface area (Å²) in [4.78, 5) is 14.8. The van der Waals surface area contributed by atoms with Gasteiger partial charge < -0.3 is 15.1 Å². The van der Waals surface area contributed by atoms with Crippen LogP contribution >= 0.6 is 0 Å². The van der Waals surface area contributed by atoms with Gasteiger partial charge in [-0.1, -0.05) is 25.7 Å². The Labute approximate surface area is 138 Å². The van der Waals surface area contributed by atoms with E-state index in [1.807, 2.05) is 4.90 Å². The van der Waals surface area contributed by atoms with Crippen molar-refractivity contribution in [1.29, 1.82) is 0 Å². The number of piperidine rings is 1. The van der Waals surface area contributed by atoms with Crippen LogP contribution in [0.3, 0.4) is 0 Å². The molecule has 2 N–H and O–H groups in total. The van der Waals surface area contributed by atoms with Gasteiger partial charge in [-0.3, -0.25) is 4.79 Å². The minimum atomic E-state index is -0.130. The van der Waals surface area contributed by atoms with Gasteiger partial charge in [-0.25, -0.2) is 0 Å². The number of phenols is 2. The molecule has 1 atom stereocenters. The molecule has 1 aliphatic carbocycles. The number of amides is 1. The first-order valence-corrected chi connectivity index (χ1v) is 8.98. The lowest BCUT2D eigenvalue weighted by atomic mass is 9.92. The highest BCUT2D eigenvalue weighted by molar-refractivity contribution is 5.97. The highest BCUT2D eigenvalue weighted by atomic mass is 16.3. The molecule has 3 rings (SSSR count). The first-order chi connectivity index (χ1) is 11.1. The van der Waals surface area contributed by atoms with E-state index in [0.717, 1.165) is 31.7 Å². The smallest absolute Gasteiger partial charge is 0.257 e. The van der Waals surface area contributed by atoms with E-state index in [4.69, 9.17) is 0 Å². The normalized spacial score (nSPS) is 22.4. The van der Waals surface area contributed by atoms with Crippen LogP contribution in [0.2, 0.25) is 0 Å². The minimum absolute atomic E-state index is 0.0181. The molecule has 1 aromatic carbocycles. The zero-order chi connectivity index (χ0) is 16.2. The fraction of sp³-hybridized carbons (Fsp3) is 0.632. The Bertz CT molecular complexity index is 552. The Morgan fingerprint density at radius 2 is 1.78 bits per heavy atom. The summed E-state index contributed by atoms with van der Waals surface area (Å²) < 4.78 is 0. The molecule has 2 fully saturated rings. The lowest BCUT2D eigenvalue weighted by Crippen LogP contribution is -2.43. The average Bonchev–Trinajstić information content (AvgIpc) is 3.06. The minimum Gasteiger partial charge on any atom is -0.508 e. The second-order valence-electron chi connectivity index (χ2n) is 7.08. The predicted octanol–water partition coefficient (Wildman–Crippen LogP) is 4.06. The van der Waals surface area contributed by atoms with E-state index in [2.05, 4.69) is 0 Å². The maximum atomic E-state index is 12.8. The van der Waals surface area contributed by atoms with Crippen LogP contribution in [0.15, 0.2) is 18.2 Å². The topological polar surface area (TPSA) is 60.8 Å². The Kier molecular flexibility index (Phi) is 5.09. The number of hydrogen-bond acceptors (Lipinski definition) is 3. The fourth-order valence-corrected chi connectivity index (χ4v) is 4.15. The van der Waals surface area contributed by atoms with Crippen LogP contribution in [0.1, 0.15) is 68.1 Å². The summed E-state index contributed by atoms with van der Waals surface area (Å²) in [6.45, 7) is 0.772. The monoisotopic (exact) mass is 317 g/mol. The van der Waals surface area contributed by atoms with Crippen LogP contribution in [0.5, 0.6) is 11.5 Å². The molecule has 1 saturated carbocycles. The Balaban J connectivity index is 1.68. The van der Waals surface area contributed by atoms with Crippen LogP contribution in [-0.2, 0) is 0 Å². The summed E-state index contributed by atoms with van der Waals surface area (Å²) in [6.07, 6.45) is 11.0. The molecule has 23 heavy (non-hydrogen) atoms. The van der Waals surface area contributed by atoms with E-state index in [0.29, 0.717) is 11.6 Å². The molecule has 1 aromatic rings. The highest BCUT2D eigenvalue weighted by Gasteiger charge is 2.29. The van der Waals surface area contributed by atoms with Crippen LogP contribution < -0.4 is 0 Å². The van der Waals surface area contributed by atoms with Crippen LogP contribution in [0.25, 0.3) is 0 Å². The molecule has 0 aromatic heterocycles. The quantitative estimate of drug-likeness (QED) is 0.880. The van der Waals surface area contributed by atoms with E-state index in [9.17, 15) is 15.0 Å². The first-order valence-electron chi connectivity index (χ1n) is 8.98. The molecular formula is C19H27NO3. The largest absolute Gasteiger partial charge is 0.508 e. The maximum Gasteiger partial charge on any atom is 0.257 e. The SMILES string of the molecule is O=C(c1ccc(O)cc1O)N1CCCCC1CCC1CCCC1. The number of phenolic OH excluding ortho intramolecular Hbond substituents is 2. The second-order valence-corrected chi connectivity index (χ2v) is 7.08. The number of rotatable bonds is 4. The van der Waals surface area contributed by atoms with Gasteiger partial charge in [0, 0.05) is 18.7 Å². The van der Waals surface area contributed by atoms with Gasteiger partial charge in [0.05, 0.1) is 5.56 Å². The summed E-state index contributed by atoms with van der Waals surface area (Å²) in [5.74, 6) is 0.597. The van der Waals surface area contributed by atoms with Gasteiger partial charge in [0.1, 0.15) is 11.5 Å². The molecule has 126 valence electrons. The van der Waals surface area contributed by atoms with E-state index in [1.54, 1.807) is 0 Å². The van der Waals surface area contributed by atoms with E-state index in [1.165, 1.54) is 56.7 Å². The molecule has 0 radical (unpaired) electrons. The van der Waals surface area contributed by atoms with Gasteiger partial charge >= 0.3 is 0 Å². The molecule has 1 aliphatic heterocycles. The van der Waals surface area contributed by atoms with E-state index >= 15 is 0 Å². The summed E-state index contributed by atoms with van der Waals surface area (Å²) in [5, 5.41) is 19.4. The molecule has 1 heterocycles. The fourth-order valence-electron chi connectivity index (χ4n) is 4.15. The van der Waals surface area contributed by atoms with Crippen molar-refractivity contribution in [3.63, 3.8) is 0 Å². The molecular weight excluding hydrogens is 290 g/mol. The number of aromatic hydroxyl groups is 2. The number of carbonyl (C=O) groups is 1. The second kappa shape index (κ2) is 7.24. The number of benzene rings is 1. The van der Waals surface area contributed by atoms with Gasteiger partial charge in [-0.15, -0.1) is 0 Å². The summed E-state index contributed by atoms with van der Waals surface area (Å²) in [5.41, 5.74) is 0.301. The van der Waals surface area contributed by atoms with Crippen molar-refractivity contribution >= 4 is 5.91 Å². The predicted molar refractivity (Wildman–Crippen MR) is 89.6 cm³/mol. The third kappa shape index (κ3) is 3.80. The van der Waals surface area contributed by atoms with E-state index < -0.39 is 0 Å². The Morgan fingerprint density at radius 3 is 2.52 bits per heavy atom. The van der Waals surface area contributed by atoms with Gasteiger partial charge in [0.2, 0.25) is 0 Å². The molecule has 1 saturated heterocycles. The van der Waals surface area contributed by atoms with Crippen molar-refractivity contribution in [2.24, 2.45) is 5.92 Å². The zero-order valence-electron chi connectivity index (χ0n) is 13.7. The van der Waals surface area contributed by atoms with Crippen molar-refractivity contribution in [1.82, 2.24) is 4.90 Å². The lowest BCUT2D eigenvalue weighted by molar-refractivity contribution is 0.0589. The Hall–Kier alpha value is -1.71. The summed E-state index contributed by atoms with van der Waals surface area (Å²) in [7, 11) is 0. The van der Waals surface area contributed by atoms with Gasteiger partial charge in [0.15, 0.2) is 0 Å². The molecule has 0 spiro atoms. The summed E-state index contributed by atoms with van der Waals surface area (Å²) in [6, 6.07) is 4.52. The van der Waals surface area contributed by atoms with Gasteiger partial charge in [-0.05, 0) is 50.2 Å². The van der Waals surface area contributed by atoms with Crippen LogP contribution in [0.4, 0.5) is 0 Å². The molecule has 2 aliphatic rings. The van der Waals surface area contributed by atoms with E-state index in [-0.39, 0.29) is 17.4 Å². The molecule has 4 heteroatoms. The number of hydrogen-bond donors (Lipinski definition) is 2.